The first-order valence-corrected chi connectivity index (χ1v) is 15.8. The van der Waals surface area contributed by atoms with E-state index in [4.69, 9.17) is 10.6 Å². The van der Waals surface area contributed by atoms with E-state index in [0.29, 0.717) is 11.3 Å². The van der Waals surface area contributed by atoms with Crippen molar-refractivity contribution in [3.8, 4) is 0 Å². The van der Waals surface area contributed by atoms with Crippen LogP contribution < -0.4 is 16.5 Å². The number of nitrogens with one attached hydrogen (secondary N) is 2. The van der Waals surface area contributed by atoms with E-state index in [1.165, 1.54) is 28.4 Å². The van der Waals surface area contributed by atoms with E-state index in [0.717, 1.165) is 48.1 Å². The molecule has 5 heterocycles. The van der Waals surface area contributed by atoms with Gasteiger partial charge < -0.3 is 25.9 Å². The van der Waals surface area contributed by atoms with Crippen molar-refractivity contribution < 1.29 is 24.3 Å². The van der Waals surface area contributed by atoms with Gasteiger partial charge in [0.1, 0.15) is 29.0 Å². The number of carboxylic acids is 1. The Morgan fingerprint density at radius 1 is 1.31 bits per heavy atom. The van der Waals surface area contributed by atoms with Gasteiger partial charge in [-0.25, -0.2) is 9.80 Å². The summed E-state index contributed by atoms with van der Waals surface area (Å²) >= 11 is 3.67. The number of allylic oxidation sites excluding steroid dienone is 3. The predicted octanol–water partition coefficient (Wildman–Crippen LogP) is 1.69. The van der Waals surface area contributed by atoms with Gasteiger partial charge in [0.25, 0.3) is 11.8 Å². The Balaban J connectivity index is 1.14. The van der Waals surface area contributed by atoms with Gasteiger partial charge in [0.05, 0.1) is 5.03 Å². The van der Waals surface area contributed by atoms with Crippen molar-refractivity contribution in [3.05, 3.63) is 64.0 Å². The van der Waals surface area contributed by atoms with E-state index in [9.17, 15) is 19.5 Å². The predicted molar refractivity (Wildman–Crippen MR) is 159 cm³/mol. The Kier molecular flexibility index (Phi) is 7.87. The van der Waals surface area contributed by atoms with Crippen LogP contribution in [0.5, 0.6) is 0 Å². The van der Waals surface area contributed by atoms with Crippen molar-refractivity contribution in [1.29, 1.82) is 0 Å². The maximum Gasteiger partial charge on any atom is 0.352 e. The van der Waals surface area contributed by atoms with Crippen LogP contribution in [0, 0.1) is 0 Å². The molecule has 2 amide bonds. The molecule has 14 nitrogen and oxygen atoms in total. The Hall–Kier alpha value is -3.96. The molecule has 1 saturated carbocycles. The van der Waals surface area contributed by atoms with Crippen molar-refractivity contribution in [2.75, 3.05) is 18.5 Å². The van der Waals surface area contributed by atoms with Crippen LogP contribution in [0.4, 0.5) is 5.13 Å². The summed E-state index contributed by atoms with van der Waals surface area (Å²) in [6, 6.07) is -0.950. The fraction of sp³-hybridized carbons (Fsp3) is 0.360. The Morgan fingerprint density at radius 3 is 2.86 bits per heavy atom. The molecule has 0 aromatic carbocycles. The Bertz CT molecular complexity index is 1490. The minimum Gasteiger partial charge on any atom is -0.477 e. The quantitative estimate of drug-likeness (QED) is 0.176. The summed E-state index contributed by atoms with van der Waals surface area (Å²) in [6.45, 7) is 0. The van der Waals surface area contributed by atoms with Crippen LogP contribution in [-0.4, -0.2) is 83.1 Å². The van der Waals surface area contributed by atoms with Crippen molar-refractivity contribution >= 4 is 63.7 Å². The molecule has 220 valence electrons. The number of hydrogen-bond acceptors (Lipinski definition) is 14. The minimum atomic E-state index is -1.22. The molecule has 17 heteroatoms. The fourth-order valence-corrected chi connectivity index (χ4v) is 7.39. The molecule has 0 bridgehead atoms. The number of carbonyl (C=O) groups is 3. The van der Waals surface area contributed by atoms with Crippen LogP contribution in [-0.2, 0) is 19.2 Å². The van der Waals surface area contributed by atoms with Gasteiger partial charge in [-0.3, -0.25) is 19.9 Å². The molecule has 0 spiro atoms. The molecule has 5 aliphatic rings. The smallest absolute Gasteiger partial charge is 0.352 e. The molecule has 1 aromatic rings. The van der Waals surface area contributed by atoms with Crippen molar-refractivity contribution in [1.82, 2.24) is 34.9 Å². The number of nitrogen functional groups attached to an aromatic ring is 1. The monoisotopic (exact) mass is 629 g/mol. The molecule has 1 aromatic heterocycles. The molecular formula is C25H27N9O5S3. The third-order valence-corrected chi connectivity index (χ3v) is 9.68. The SMILES string of the molecule is CN1C=CN2NC(S/C=C/C3=C(C(=O)O)N4C(=O)[C@@H](NC(=O)/C(=N\OC5CCCC5)c5nsc(N)n5)[C@@H]4SC3)=CC=C12. The van der Waals surface area contributed by atoms with E-state index < -0.39 is 29.2 Å². The number of nitrogens with zero attached hydrogens (tertiary/aromatic N) is 6. The molecule has 42 heavy (non-hydrogen) atoms. The van der Waals surface area contributed by atoms with Gasteiger partial charge in [-0.1, -0.05) is 16.9 Å². The molecule has 0 radical (unpaired) electrons. The number of β-lactam (4-membered cyclic amide) rings is 1. The summed E-state index contributed by atoms with van der Waals surface area (Å²) in [5, 5.41) is 20.8. The summed E-state index contributed by atoms with van der Waals surface area (Å²) in [5.41, 5.74) is 9.18. The van der Waals surface area contributed by atoms with Crippen LogP contribution in [0.15, 0.2) is 63.3 Å². The number of hydrogen-bond donors (Lipinski definition) is 4. The van der Waals surface area contributed by atoms with Crippen molar-refractivity contribution in [2.45, 2.75) is 43.2 Å². The maximum atomic E-state index is 13.3. The lowest BCUT2D eigenvalue weighted by atomic mass is 10.0. The number of hydrazine groups is 1. The Morgan fingerprint density at radius 2 is 2.12 bits per heavy atom. The van der Waals surface area contributed by atoms with Gasteiger partial charge in [0.15, 0.2) is 5.13 Å². The number of carboxylic acid groups (broad SMARTS) is 1. The van der Waals surface area contributed by atoms with Gasteiger partial charge in [-0.15, -0.1) is 11.8 Å². The zero-order chi connectivity index (χ0) is 29.4. The highest BCUT2D eigenvalue weighted by atomic mass is 32.2. The first-order chi connectivity index (χ1) is 20.3. The van der Waals surface area contributed by atoms with Crippen LogP contribution in [0.25, 0.3) is 0 Å². The zero-order valence-corrected chi connectivity index (χ0v) is 24.7. The first kappa shape index (κ1) is 28.2. The van der Waals surface area contributed by atoms with Gasteiger partial charge in [-0.05, 0) is 54.9 Å². The summed E-state index contributed by atoms with van der Waals surface area (Å²) in [6.07, 6.45) is 13.0. The number of rotatable bonds is 9. The van der Waals surface area contributed by atoms with Gasteiger partial charge in [0, 0.05) is 36.7 Å². The van der Waals surface area contributed by atoms with Gasteiger partial charge in [-0.2, -0.15) is 9.36 Å². The largest absolute Gasteiger partial charge is 0.477 e. The second-order valence-electron chi connectivity index (χ2n) is 9.82. The number of amides is 2. The molecule has 6 rings (SSSR count). The summed E-state index contributed by atoms with van der Waals surface area (Å²) in [4.78, 5) is 51.5. The number of anilines is 1. The number of thioether (sulfide) groups is 2. The average molecular weight is 630 g/mol. The minimum absolute atomic E-state index is 0.00558. The highest BCUT2D eigenvalue weighted by molar-refractivity contribution is 8.05. The summed E-state index contributed by atoms with van der Waals surface area (Å²) < 4.78 is 4.08. The third-order valence-electron chi connectivity index (χ3n) is 7.08. The number of nitrogens with two attached hydrogens (primary N) is 1. The lowest BCUT2D eigenvalue weighted by molar-refractivity contribution is -0.150. The standard InChI is InChI=1S/C25H27N9O5S3/c1-32-9-10-33-16(32)7-6-15(29-33)40-11-8-13-12-41-23-18(22(36)34(23)19(13)24(37)38)27-21(35)17(20-28-25(26)42-31-20)30-39-14-4-2-3-5-14/h6-11,14,18,23,29H,2-5,12H2,1H3,(H,27,35)(H,37,38)(H2,26,28,31)/b11-8+,30-17-/t18-,23+/m1/s1. The number of aromatic nitrogens is 2. The molecule has 5 N–H and O–H groups in total. The van der Waals surface area contributed by atoms with E-state index in [-0.39, 0.29) is 28.5 Å². The van der Waals surface area contributed by atoms with E-state index in [2.05, 4.69) is 25.3 Å². The second kappa shape index (κ2) is 11.7. The highest BCUT2D eigenvalue weighted by Crippen LogP contribution is 2.41. The van der Waals surface area contributed by atoms with Crippen molar-refractivity contribution in [3.63, 3.8) is 0 Å². The van der Waals surface area contributed by atoms with Crippen LogP contribution in [0.1, 0.15) is 31.5 Å². The number of oxime groups is 1. The van der Waals surface area contributed by atoms with Gasteiger partial charge in [0.2, 0.25) is 11.5 Å². The first-order valence-electron chi connectivity index (χ1n) is 13.1. The summed E-state index contributed by atoms with van der Waals surface area (Å²) in [5.74, 6) is -1.12. The number of fused-ring (bicyclic) bond motifs is 2. The summed E-state index contributed by atoms with van der Waals surface area (Å²) in [7, 11) is 1.95. The third kappa shape index (κ3) is 5.46. The van der Waals surface area contributed by atoms with Gasteiger partial charge >= 0.3 is 5.97 Å². The molecular weight excluding hydrogens is 603 g/mol. The lowest BCUT2D eigenvalue weighted by Gasteiger charge is -2.49. The molecule has 4 aliphatic heterocycles. The van der Waals surface area contributed by atoms with Crippen molar-refractivity contribution in [2.24, 2.45) is 5.16 Å². The van der Waals surface area contributed by atoms with Crippen LogP contribution in [0.3, 0.4) is 0 Å². The molecule has 2 atom stereocenters. The van der Waals surface area contributed by atoms with Crippen LogP contribution in [0.2, 0.25) is 0 Å². The Labute approximate surface area is 253 Å². The molecule has 0 unspecified atom stereocenters. The molecule has 1 aliphatic carbocycles. The van der Waals surface area contributed by atoms with E-state index >= 15 is 0 Å². The lowest BCUT2D eigenvalue weighted by Crippen LogP contribution is -2.71. The number of aliphatic carboxylic acids is 1. The highest BCUT2D eigenvalue weighted by Gasteiger charge is 2.54. The topological polar surface area (TPSA) is 179 Å². The zero-order valence-electron chi connectivity index (χ0n) is 22.3. The van der Waals surface area contributed by atoms with E-state index in [1.807, 2.05) is 41.5 Å². The normalized spacial score (nSPS) is 23.9. The fourth-order valence-electron chi connectivity index (χ4n) is 4.96. The van der Waals surface area contributed by atoms with Crippen LogP contribution >= 0.6 is 35.1 Å². The maximum absolute atomic E-state index is 13.3. The average Bonchev–Trinajstić information content (AvgIpc) is 3.73. The number of carbonyl (C=O) groups excluding carboxylic acids is 2. The second-order valence-corrected chi connectivity index (χ2v) is 12.7. The molecule has 2 fully saturated rings. The molecule has 1 saturated heterocycles. The van der Waals surface area contributed by atoms with E-state index in [1.54, 1.807) is 11.5 Å².